The van der Waals surface area contributed by atoms with Crippen molar-refractivity contribution in [3.8, 4) is 0 Å². The zero-order chi connectivity index (χ0) is 14.2. The van der Waals surface area contributed by atoms with Gasteiger partial charge in [-0.3, -0.25) is 0 Å². The average molecular weight is 263 g/mol. The first kappa shape index (κ1) is 14.1. The van der Waals surface area contributed by atoms with Crippen molar-refractivity contribution >= 4 is 10.9 Å². The summed E-state index contributed by atoms with van der Waals surface area (Å²) in [6.07, 6.45) is 0.692. The van der Waals surface area contributed by atoms with Crippen LogP contribution in [0.15, 0.2) is 18.2 Å². The Hall–Kier alpha value is -1.35. The minimum absolute atomic E-state index is 0.0307. The maximum Gasteiger partial charge on any atom is 0.128 e. The molecule has 0 saturated heterocycles. The average Bonchev–Trinajstić information content (AvgIpc) is 2.67. The molecule has 0 atom stereocenters. The normalized spacial score (nSPS) is 12.3. The molecule has 1 aromatic carbocycles. The summed E-state index contributed by atoms with van der Waals surface area (Å²) in [4.78, 5) is 0. The summed E-state index contributed by atoms with van der Waals surface area (Å²) < 4.78 is 16.0. The van der Waals surface area contributed by atoms with E-state index in [1.165, 1.54) is 0 Å². The fourth-order valence-electron chi connectivity index (χ4n) is 2.56. The number of nitrogens with zero attached hydrogens (tertiary/aromatic N) is 1. The number of hydrogen-bond acceptors (Lipinski definition) is 1. The molecule has 0 amide bonds. The van der Waals surface area contributed by atoms with Crippen LogP contribution in [0.4, 0.5) is 4.39 Å². The van der Waals surface area contributed by atoms with Crippen molar-refractivity contribution in [2.45, 2.75) is 46.1 Å². The van der Waals surface area contributed by atoms with Crippen LogP contribution in [0.3, 0.4) is 0 Å². The molecule has 2 aromatic rings. The minimum atomic E-state index is -0.159. The highest BCUT2D eigenvalue weighted by atomic mass is 19.1. The van der Waals surface area contributed by atoms with Crippen LogP contribution in [0.2, 0.25) is 0 Å². The van der Waals surface area contributed by atoms with Gasteiger partial charge in [0.2, 0.25) is 0 Å². The molecule has 1 N–H and O–H groups in total. The van der Waals surface area contributed by atoms with Crippen LogP contribution in [0.25, 0.3) is 10.9 Å². The van der Waals surface area contributed by atoms with Crippen LogP contribution in [0, 0.1) is 5.82 Å². The SMILES string of the molecule is CCc1cc2cc(C(C)(C)C)n(CCO)c2cc1F. The number of aliphatic hydroxyl groups excluding tert-OH is 1. The zero-order valence-corrected chi connectivity index (χ0v) is 12.1. The van der Waals surface area contributed by atoms with Gasteiger partial charge in [-0.15, -0.1) is 0 Å². The van der Waals surface area contributed by atoms with E-state index in [2.05, 4.69) is 26.8 Å². The lowest BCUT2D eigenvalue weighted by atomic mass is 9.92. The molecule has 1 heterocycles. The van der Waals surface area contributed by atoms with Crippen LogP contribution < -0.4 is 0 Å². The summed E-state index contributed by atoms with van der Waals surface area (Å²) in [6, 6.07) is 5.64. The van der Waals surface area contributed by atoms with Crippen molar-refractivity contribution in [2.75, 3.05) is 6.61 Å². The first-order valence-electron chi connectivity index (χ1n) is 6.81. The lowest BCUT2D eigenvalue weighted by molar-refractivity contribution is 0.274. The second-order valence-corrected chi connectivity index (χ2v) is 6.01. The molecule has 0 unspecified atom stereocenters. The van der Waals surface area contributed by atoms with Crippen molar-refractivity contribution in [2.24, 2.45) is 0 Å². The highest BCUT2D eigenvalue weighted by Crippen LogP contribution is 2.31. The van der Waals surface area contributed by atoms with Crippen LogP contribution in [0.1, 0.15) is 39.0 Å². The third kappa shape index (κ3) is 2.52. The highest BCUT2D eigenvalue weighted by molar-refractivity contribution is 5.82. The molecule has 3 heteroatoms. The largest absolute Gasteiger partial charge is 0.395 e. The van der Waals surface area contributed by atoms with Gasteiger partial charge >= 0.3 is 0 Å². The Balaban J connectivity index is 2.73. The molecule has 104 valence electrons. The number of aromatic nitrogens is 1. The Bertz CT molecular complexity index is 593. The van der Waals surface area contributed by atoms with E-state index in [9.17, 15) is 9.50 Å². The zero-order valence-electron chi connectivity index (χ0n) is 12.1. The molecule has 0 fully saturated rings. The van der Waals surface area contributed by atoms with Crippen LogP contribution in [-0.2, 0) is 18.4 Å². The standard InChI is InChI=1S/C16H22FNO/c1-5-11-8-12-9-15(16(2,3)4)18(6-7-19)14(12)10-13(11)17/h8-10,19H,5-7H2,1-4H3. The van der Waals surface area contributed by atoms with Gasteiger partial charge in [-0.25, -0.2) is 4.39 Å². The van der Waals surface area contributed by atoms with Gasteiger partial charge in [0, 0.05) is 23.0 Å². The van der Waals surface area contributed by atoms with Crippen molar-refractivity contribution in [3.05, 3.63) is 35.3 Å². The number of rotatable bonds is 3. The topological polar surface area (TPSA) is 25.2 Å². The molecule has 2 nitrogen and oxygen atoms in total. The number of aryl methyl sites for hydroxylation is 1. The Kier molecular flexibility index (Phi) is 3.68. The van der Waals surface area contributed by atoms with E-state index in [1.54, 1.807) is 6.07 Å². The van der Waals surface area contributed by atoms with Crippen molar-refractivity contribution < 1.29 is 9.50 Å². The highest BCUT2D eigenvalue weighted by Gasteiger charge is 2.21. The van der Waals surface area contributed by atoms with Crippen LogP contribution >= 0.6 is 0 Å². The minimum Gasteiger partial charge on any atom is -0.395 e. The molecule has 0 aliphatic heterocycles. The molecule has 0 bridgehead atoms. The molecule has 2 rings (SSSR count). The van der Waals surface area contributed by atoms with Gasteiger partial charge < -0.3 is 9.67 Å². The number of hydrogen-bond donors (Lipinski definition) is 1. The van der Waals surface area contributed by atoms with E-state index in [-0.39, 0.29) is 17.8 Å². The molecule has 0 saturated carbocycles. The van der Waals surface area contributed by atoms with E-state index >= 15 is 0 Å². The van der Waals surface area contributed by atoms with Crippen LogP contribution in [-0.4, -0.2) is 16.3 Å². The van der Waals surface area contributed by atoms with Crippen molar-refractivity contribution in [1.29, 1.82) is 0 Å². The molecule has 0 radical (unpaired) electrons. The second kappa shape index (κ2) is 4.97. The number of fused-ring (bicyclic) bond motifs is 1. The van der Waals surface area contributed by atoms with Gasteiger partial charge in [0.15, 0.2) is 0 Å². The maximum absolute atomic E-state index is 14.0. The smallest absolute Gasteiger partial charge is 0.128 e. The molecular weight excluding hydrogens is 241 g/mol. The quantitative estimate of drug-likeness (QED) is 0.898. The Morgan fingerprint density at radius 2 is 1.89 bits per heavy atom. The Morgan fingerprint density at radius 3 is 2.42 bits per heavy atom. The van der Waals surface area contributed by atoms with Crippen molar-refractivity contribution in [3.63, 3.8) is 0 Å². The van der Waals surface area contributed by atoms with Gasteiger partial charge in [-0.2, -0.15) is 0 Å². The van der Waals surface area contributed by atoms with Gasteiger partial charge in [-0.05, 0) is 30.2 Å². The summed E-state index contributed by atoms with van der Waals surface area (Å²) in [5.74, 6) is -0.159. The van der Waals surface area contributed by atoms with E-state index in [1.807, 2.05) is 17.6 Å². The lowest BCUT2D eigenvalue weighted by Crippen LogP contribution is -2.18. The summed E-state index contributed by atoms with van der Waals surface area (Å²) in [5.41, 5.74) is 2.71. The summed E-state index contributed by atoms with van der Waals surface area (Å²) in [5, 5.41) is 10.3. The lowest BCUT2D eigenvalue weighted by Gasteiger charge is -2.21. The molecule has 0 aliphatic carbocycles. The maximum atomic E-state index is 14.0. The van der Waals surface area contributed by atoms with Gasteiger partial charge in [0.05, 0.1) is 12.1 Å². The fraction of sp³-hybridized carbons (Fsp3) is 0.500. The number of halogens is 1. The first-order valence-corrected chi connectivity index (χ1v) is 6.81. The number of aliphatic hydroxyl groups is 1. The Morgan fingerprint density at radius 1 is 1.21 bits per heavy atom. The molecule has 1 aromatic heterocycles. The molecule has 0 spiro atoms. The van der Waals surface area contributed by atoms with Gasteiger partial charge in [-0.1, -0.05) is 27.7 Å². The number of benzene rings is 1. The van der Waals surface area contributed by atoms with Gasteiger partial charge in [0.1, 0.15) is 5.82 Å². The van der Waals surface area contributed by atoms with E-state index in [4.69, 9.17) is 0 Å². The molecular formula is C16H22FNO. The second-order valence-electron chi connectivity index (χ2n) is 6.01. The van der Waals surface area contributed by atoms with Gasteiger partial charge in [0.25, 0.3) is 0 Å². The van der Waals surface area contributed by atoms with E-state index < -0.39 is 0 Å². The molecule has 19 heavy (non-hydrogen) atoms. The predicted octanol–water partition coefficient (Wildman–Crippen LogP) is 3.63. The summed E-state index contributed by atoms with van der Waals surface area (Å²) in [7, 11) is 0. The van der Waals surface area contributed by atoms with E-state index in [0.717, 1.165) is 22.2 Å². The summed E-state index contributed by atoms with van der Waals surface area (Å²) in [6.45, 7) is 8.91. The van der Waals surface area contributed by atoms with Crippen molar-refractivity contribution in [1.82, 2.24) is 4.57 Å². The third-order valence-electron chi connectivity index (χ3n) is 3.54. The van der Waals surface area contributed by atoms with Crippen LogP contribution in [0.5, 0.6) is 0 Å². The summed E-state index contributed by atoms with van der Waals surface area (Å²) >= 11 is 0. The third-order valence-corrected chi connectivity index (χ3v) is 3.54. The predicted molar refractivity (Wildman–Crippen MR) is 77.1 cm³/mol. The monoisotopic (exact) mass is 263 g/mol. The Labute approximate surface area is 113 Å². The first-order chi connectivity index (χ1) is 8.88. The fourth-order valence-corrected chi connectivity index (χ4v) is 2.56. The van der Waals surface area contributed by atoms with E-state index in [0.29, 0.717) is 13.0 Å². The molecule has 0 aliphatic rings.